The lowest BCUT2D eigenvalue weighted by Crippen LogP contribution is -2.40. The first-order valence-electron chi connectivity index (χ1n) is 5.71. The Bertz CT molecular complexity index is 377. The molecule has 0 aromatic heterocycles. The van der Waals surface area contributed by atoms with Crippen LogP contribution in [0.25, 0.3) is 0 Å². The van der Waals surface area contributed by atoms with Crippen LogP contribution in [0, 0.1) is 0 Å². The normalized spacial score (nSPS) is 12.9. The molecule has 0 aliphatic heterocycles. The Balaban J connectivity index is 2.74. The molecule has 0 heterocycles. The van der Waals surface area contributed by atoms with E-state index in [1.165, 1.54) is 5.56 Å². The van der Waals surface area contributed by atoms with E-state index in [-0.39, 0.29) is 5.04 Å². The summed E-state index contributed by atoms with van der Waals surface area (Å²) >= 11 is 7.00. The molecule has 0 bridgehead atoms. The highest BCUT2D eigenvalue weighted by atomic mass is 79.9. The first-order chi connectivity index (χ1) is 7.62. The van der Waals surface area contributed by atoms with Gasteiger partial charge in [0.05, 0.1) is 6.61 Å². The largest absolute Gasteiger partial charge is 0.413 e. The second-order valence-corrected chi connectivity index (χ2v) is 12.5. The van der Waals surface area contributed by atoms with E-state index in [0.717, 1.165) is 8.95 Å². The van der Waals surface area contributed by atoms with Crippen LogP contribution in [0.4, 0.5) is 0 Å². The lowest BCUT2D eigenvalue weighted by molar-refractivity contribution is 0.276. The van der Waals surface area contributed by atoms with Crippen molar-refractivity contribution < 1.29 is 4.43 Å². The molecule has 96 valence electrons. The van der Waals surface area contributed by atoms with E-state index in [0.29, 0.717) is 6.61 Å². The summed E-state index contributed by atoms with van der Waals surface area (Å²) in [5.74, 6) is 0. The van der Waals surface area contributed by atoms with Crippen molar-refractivity contribution in [3.8, 4) is 0 Å². The molecule has 1 aromatic rings. The van der Waals surface area contributed by atoms with Crippen LogP contribution in [0.1, 0.15) is 26.3 Å². The molecule has 1 nitrogen and oxygen atoms in total. The highest BCUT2D eigenvalue weighted by Crippen LogP contribution is 2.37. The fraction of sp³-hybridized carbons (Fsp3) is 0.538. The number of rotatable bonds is 3. The van der Waals surface area contributed by atoms with Crippen LogP contribution in [0.2, 0.25) is 18.1 Å². The topological polar surface area (TPSA) is 9.23 Å². The average molecular weight is 380 g/mol. The van der Waals surface area contributed by atoms with E-state index in [1.807, 2.05) is 6.07 Å². The standard InChI is InChI=1S/C13H20Br2OSi/c1-13(2,3)17(4,5)16-9-10-6-11(14)8-12(15)7-10/h6-8H,9H2,1-5H3. The van der Waals surface area contributed by atoms with Crippen LogP contribution in [-0.4, -0.2) is 8.32 Å². The molecule has 1 rings (SSSR count). The quantitative estimate of drug-likeness (QED) is 0.609. The minimum atomic E-state index is -1.65. The zero-order valence-corrected chi connectivity index (χ0v) is 15.3. The third kappa shape index (κ3) is 4.50. The molecular weight excluding hydrogens is 360 g/mol. The lowest BCUT2D eigenvalue weighted by Gasteiger charge is -2.36. The third-order valence-electron chi connectivity index (χ3n) is 3.33. The van der Waals surface area contributed by atoms with Gasteiger partial charge < -0.3 is 4.43 Å². The van der Waals surface area contributed by atoms with E-state index in [2.05, 4.69) is 77.9 Å². The Morgan fingerprint density at radius 1 is 1.06 bits per heavy atom. The maximum atomic E-state index is 6.19. The molecule has 0 amide bonds. The number of halogens is 2. The summed E-state index contributed by atoms with van der Waals surface area (Å²) in [6.07, 6.45) is 0. The van der Waals surface area contributed by atoms with Crippen molar-refractivity contribution in [1.82, 2.24) is 0 Å². The van der Waals surface area contributed by atoms with Gasteiger partial charge in [-0.1, -0.05) is 52.6 Å². The van der Waals surface area contributed by atoms with Crippen LogP contribution in [-0.2, 0) is 11.0 Å². The molecule has 0 saturated carbocycles. The van der Waals surface area contributed by atoms with Crippen molar-refractivity contribution in [2.24, 2.45) is 0 Å². The van der Waals surface area contributed by atoms with E-state index in [4.69, 9.17) is 4.43 Å². The number of benzene rings is 1. The van der Waals surface area contributed by atoms with Crippen molar-refractivity contribution in [3.63, 3.8) is 0 Å². The summed E-state index contributed by atoms with van der Waals surface area (Å²) in [5.41, 5.74) is 1.20. The monoisotopic (exact) mass is 378 g/mol. The third-order valence-corrected chi connectivity index (χ3v) is 8.72. The van der Waals surface area contributed by atoms with Gasteiger partial charge in [0.2, 0.25) is 0 Å². The second kappa shape index (κ2) is 5.55. The Labute approximate surface area is 122 Å². The predicted octanol–water partition coefficient (Wildman–Crippen LogP) is 5.73. The summed E-state index contributed by atoms with van der Waals surface area (Å²) in [5, 5.41) is 0.260. The highest BCUT2D eigenvalue weighted by molar-refractivity contribution is 9.11. The molecule has 1 aromatic carbocycles. The first kappa shape index (κ1) is 15.4. The van der Waals surface area contributed by atoms with Crippen LogP contribution in [0.3, 0.4) is 0 Å². The highest BCUT2D eigenvalue weighted by Gasteiger charge is 2.36. The van der Waals surface area contributed by atoms with Crippen LogP contribution in [0.15, 0.2) is 27.1 Å². The molecule has 0 N–H and O–H groups in total. The van der Waals surface area contributed by atoms with Gasteiger partial charge in [0, 0.05) is 8.95 Å². The molecule has 0 aliphatic rings. The van der Waals surface area contributed by atoms with Crippen LogP contribution >= 0.6 is 31.9 Å². The molecule has 0 unspecified atom stereocenters. The fourth-order valence-electron chi connectivity index (χ4n) is 1.17. The molecule has 0 atom stereocenters. The van der Waals surface area contributed by atoms with Gasteiger partial charge in [-0.15, -0.1) is 0 Å². The summed E-state index contributed by atoms with van der Waals surface area (Å²) < 4.78 is 8.36. The Kier molecular flexibility index (Phi) is 5.03. The van der Waals surface area contributed by atoms with Gasteiger partial charge in [-0.2, -0.15) is 0 Å². The Morgan fingerprint density at radius 2 is 1.53 bits per heavy atom. The van der Waals surface area contributed by atoms with Gasteiger partial charge >= 0.3 is 0 Å². The van der Waals surface area contributed by atoms with Crippen LogP contribution in [0.5, 0.6) is 0 Å². The Hall–Kier alpha value is 0.357. The molecule has 4 heteroatoms. The zero-order valence-electron chi connectivity index (χ0n) is 11.1. The minimum absolute atomic E-state index is 0.260. The Morgan fingerprint density at radius 3 is 1.94 bits per heavy atom. The zero-order chi connectivity index (χ0) is 13.3. The maximum absolute atomic E-state index is 6.19. The van der Waals surface area contributed by atoms with Gasteiger partial charge in [0.1, 0.15) is 0 Å². The van der Waals surface area contributed by atoms with E-state index < -0.39 is 8.32 Å². The van der Waals surface area contributed by atoms with Crippen molar-refractivity contribution in [2.45, 2.75) is 45.5 Å². The van der Waals surface area contributed by atoms with E-state index in [1.54, 1.807) is 0 Å². The minimum Gasteiger partial charge on any atom is -0.413 e. The average Bonchev–Trinajstić information content (AvgIpc) is 2.11. The molecular formula is C13H20Br2OSi. The van der Waals surface area contributed by atoms with Gasteiger partial charge in [0.15, 0.2) is 8.32 Å². The first-order valence-corrected chi connectivity index (χ1v) is 10.2. The summed E-state index contributed by atoms with van der Waals surface area (Å²) in [6, 6.07) is 6.26. The van der Waals surface area contributed by atoms with Crippen molar-refractivity contribution in [3.05, 3.63) is 32.7 Å². The molecule has 0 saturated heterocycles. The van der Waals surface area contributed by atoms with E-state index >= 15 is 0 Å². The van der Waals surface area contributed by atoms with Gasteiger partial charge in [-0.25, -0.2) is 0 Å². The fourth-order valence-corrected chi connectivity index (χ4v) is 3.52. The lowest BCUT2D eigenvalue weighted by atomic mass is 10.2. The summed E-state index contributed by atoms with van der Waals surface area (Å²) in [7, 11) is -1.65. The summed E-state index contributed by atoms with van der Waals surface area (Å²) in [4.78, 5) is 0. The second-order valence-electron chi connectivity index (χ2n) is 5.83. The molecule has 0 spiro atoms. The van der Waals surface area contributed by atoms with Gasteiger partial charge in [-0.05, 0) is 41.9 Å². The number of hydrogen-bond acceptors (Lipinski definition) is 1. The van der Waals surface area contributed by atoms with Crippen LogP contribution < -0.4 is 0 Å². The molecule has 0 radical (unpaired) electrons. The summed E-state index contributed by atoms with van der Waals surface area (Å²) in [6.45, 7) is 12.0. The van der Waals surface area contributed by atoms with Crippen molar-refractivity contribution in [1.29, 1.82) is 0 Å². The van der Waals surface area contributed by atoms with E-state index in [9.17, 15) is 0 Å². The number of hydrogen-bond donors (Lipinski definition) is 0. The molecule has 0 aliphatic carbocycles. The van der Waals surface area contributed by atoms with Crippen molar-refractivity contribution in [2.75, 3.05) is 0 Å². The predicted molar refractivity (Wildman–Crippen MR) is 83.8 cm³/mol. The molecule has 17 heavy (non-hydrogen) atoms. The SMILES string of the molecule is CC(C)(C)[Si](C)(C)OCc1cc(Br)cc(Br)c1. The smallest absolute Gasteiger partial charge is 0.192 e. The maximum Gasteiger partial charge on any atom is 0.192 e. The van der Waals surface area contributed by atoms with Crippen molar-refractivity contribution >= 4 is 40.2 Å². The molecule has 0 fully saturated rings. The van der Waals surface area contributed by atoms with Gasteiger partial charge in [0.25, 0.3) is 0 Å². The van der Waals surface area contributed by atoms with Gasteiger partial charge in [-0.3, -0.25) is 0 Å².